The van der Waals surface area contributed by atoms with Crippen molar-refractivity contribution >= 4 is 62.8 Å². The van der Waals surface area contributed by atoms with Crippen LogP contribution in [0.5, 0.6) is 0 Å². The number of aryl methyl sites for hydroxylation is 4. The van der Waals surface area contributed by atoms with E-state index in [1.54, 1.807) is 74.9 Å². The second-order valence-corrected chi connectivity index (χ2v) is 15.5. The first-order valence-electron chi connectivity index (χ1n) is 19.1. The lowest BCUT2D eigenvalue weighted by molar-refractivity contribution is 0.0601. The quantitative estimate of drug-likeness (QED) is 0.0722. The van der Waals surface area contributed by atoms with Gasteiger partial charge in [-0.3, -0.25) is 19.7 Å². The number of benzene rings is 3. The second-order valence-electron chi connectivity index (χ2n) is 15.0. The van der Waals surface area contributed by atoms with E-state index in [0.29, 0.717) is 57.2 Å². The number of esters is 1. The van der Waals surface area contributed by atoms with E-state index < -0.39 is 11.6 Å². The van der Waals surface area contributed by atoms with Crippen LogP contribution in [0, 0.1) is 27.7 Å². The molecule has 314 valence electrons. The monoisotopic (exact) mass is 841 g/mol. The molecule has 0 saturated heterocycles. The Balaban J connectivity index is 0.000000220. The molecule has 0 bridgehead atoms. The van der Waals surface area contributed by atoms with E-state index in [9.17, 15) is 19.5 Å². The van der Waals surface area contributed by atoms with E-state index in [4.69, 9.17) is 32.9 Å². The third-order valence-electron chi connectivity index (χ3n) is 9.63. The standard InChI is InChI=1S/C27H28ClN5O2.C12H11NO2.C8H9NO2/c1-15-7-24(29)33-16(2)22(15)14-32-26(34)18-5-6-30-21(12-18)9-17-8-19-11-20(28)13-31-25(19)23(10-17)27(3,4)35;1-8-6-9-4-3-5-13-11(9)10(7-8)12(14)15-2;1-5-2-3-7(9)6(4-5)8(10)11/h5-8,10-13,35H,9,14H2,1-4H3,(H2,29,33)(H,32,34);3-7H,1-2H3;2-4H,9H2,1H3,(H,10,11). The van der Waals surface area contributed by atoms with Gasteiger partial charge in [0.25, 0.3) is 5.91 Å². The highest BCUT2D eigenvalue weighted by Gasteiger charge is 2.22. The smallest absolute Gasteiger partial charge is 0.340 e. The Morgan fingerprint density at radius 1 is 0.820 bits per heavy atom. The molecule has 0 spiro atoms. The first-order valence-corrected chi connectivity index (χ1v) is 19.5. The first kappa shape index (κ1) is 45.1. The van der Waals surface area contributed by atoms with Gasteiger partial charge in [0.2, 0.25) is 0 Å². The van der Waals surface area contributed by atoms with E-state index in [-0.39, 0.29) is 17.4 Å². The Hall–Kier alpha value is -6.96. The van der Waals surface area contributed by atoms with E-state index in [0.717, 1.165) is 50.0 Å². The Bertz CT molecular complexity index is 2750. The lowest BCUT2D eigenvalue weighted by Crippen LogP contribution is -2.24. The molecule has 61 heavy (non-hydrogen) atoms. The van der Waals surface area contributed by atoms with Crippen LogP contribution in [-0.2, 0) is 23.3 Å². The van der Waals surface area contributed by atoms with E-state index in [2.05, 4.69) is 25.3 Å². The lowest BCUT2D eigenvalue weighted by atomic mass is 9.92. The Labute approximate surface area is 358 Å². The topological polar surface area (TPSA) is 217 Å². The number of rotatable bonds is 8. The van der Waals surface area contributed by atoms with Crippen molar-refractivity contribution in [2.24, 2.45) is 0 Å². The number of aromatic nitrogens is 4. The zero-order valence-electron chi connectivity index (χ0n) is 35.0. The summed E-state index contributed by atoms with van der Waals surface area (Å²) in [6.07, 6.45) is 5.35. The van der Waals surface area contributed by atoms with Gasteiger partial charge in [0.15, 0.2) is 0 Å². The van der Waals surface area contributed by atoms with Crippen LogP contribution in [0.25, 0.3) is 21.8 Å². The van der Waals surface area contributed by atoms with Crippen molar-refractivity contribution in [3.05, 3.63) is 164 Å². The summed E-state index contributed by atoms with van der Waals surface area (Å²) >= 11 is 6.16. The molecule has 0 radical (unpaired) electrons. The van der Waals surface area contributed by atoms with Crippen LogP contribution in [0.15, 0.2) is 97.5 Å². The largest absolute Gasteiger partial charge is 0.478 e. The van der Waals surface area contributed by atoms with Crippen molar-refractivity contribution in [2.45, 2.75) is 60.1 Å². The Morgan fingerprint density at radius 2 is 1.56 bits per heavy atom. The van der Waals surface area contributed by atoms with E-state index in [1.165, 1.54) is 7.11 Å². The molecule has 1 amide bonds. The van der Waals surface area contributed by atoms with Crippen LogP contribution >= 0.6 is 11.6 Å². The molecule has 7 aromatic rings. The summed E-state index contributed by atoms with van der Waals surface area (Å²) in [5.74, 6) is -1.06. The number of anilines is 2. The highest BCUT2D eigenvalue weighted by Crippen LogP contribution is 2.31. The summed E-state index contributed by atoms with van der Waals surface area (Å²) < 4.78 is 4.72. The van der Waals surface area contributed by atoms with Crippen LogP contribution in [0.1, 0.15) is 89.7 Å². The van der Waals surface area contributed by atoms with Crippen LogP contribution < -0.4 is 16.8 Å². The minimum atomic E-state index is -1.09. The number of amides is 1. The maximum Gasteiger partial charge on any atom is 0.340 e. The van der Waals surface area contributed by atoms with Gasteiger partial charge in [-0.25, -0.2) is 14.6 Å². The Morgan fingerprint density at radius 3 is 2.23 bits per heavy atom. The number of methoxy groups -OCH3 is 1. The van der Waals surface area contributed by atoms with Crippen LogP contribution in [0.3, 0.4) is 0 Å². The van der Waals surface area contributed by atoms with Crippen molar-refractivity contribution in [1.29, 1.82) is 0 Å². The number of nitrogen functional groups attached to an aromatic ring is 2. The highest BCUT2D eigenvalue weighted by atomic mass is 35.5. The molecule has 0 aliphatic carbocycles. The van der Waals surface area contributed by atoms with E-state index >= 15 is 0 Å². The minimum Gasteiger partial charge on any atom is -0.478 e. The number of nitrogens with zero attached hydrogens (tertiary/aromatic N) is 4. The number of hydrogen-bond donors (Lipinski definition) is 5. The SMILES string of the molecule is COC(=O)c1cc(C)cc2cccnc12.Cc1cc(N)nc(C)c1CNC(=O)c1ccnc(Cc2cc(C(C)(C)O)c3ncc(Cl)cc3c2)c1.Cc1ccc(N)c(C(=O)O)c1. The number of fused-ring (bicyclic) bond motifs is 2. The number of aromatic carboxylic acids is 1. The molecule has 0 aliphatic heterocycles. The molecular weight excluding hydrogens is 794 g/mol. The fraction of sp³-hybridized carbons (Fsp3) is 0.213. The molecule has 7 N–H and O–H groups in total. The minimum absolute atomic E-state index is 0.171. The third-order valence-corrected chi connectivity index (χ3v) is 9.83. The number of pyridine rings is 4. The van der Waals surface area contributed by atoms with Gasteiger partial charge < -0.3 is 31.7 Å². The van der Waals surface area contributed by atoms with Crippen LogP contribution in [0.2, 0.25) is 5.02 Å². The zero-order valence-corrected chi connectivity index (χ0v) is 35.8. The zero-order chi connectivity index (χ0) is 44.6. The van der Waals surface area contributed by atoms with Gasteiger partial charge in [0, 0.05) is 70.5 Å². The fourth-order valence-electron chi connectivity index (χ4n) is 6.67. The number of halogens is 1. The molecule has 13 nitrogen and oxygen atoms in total. The van der Waals surface area contributed by atoms with Gasteiger partial charge in [0.05, 0.1) is 39.9 Å². The lowest BCUT2D eigenvalue weighted by Gasteiger charge is -2.21. The average molecular weight is 842 g/mol. The normalized spacial score (nSPS) is 10.9. The average Bonchev–Trinajstić information content (AvgIpc) is 3.20. The van der Waals surface area contributed by atoms with Crippen LogP contribution in [0.4, 0.5) is 11.5 Å². The van der Waals surface area contributed by atoms with Gasteiger partial charge in [-0.15, -0.1) is 0 Å². The molecule has 4 aromatic heterocycles. The maximum absolute atomic E-state index is 12.9. The second kappa shape index (κ2) is 19.4. The van der Waals surface area contributed by atoms with Crippen molar-refractivity contribution in [2.75, 3.05) is 18.6 Å². The van der Waals surface area contributed by atoms with Gasteiger partial charge in [-0.2, -0.15) is 0 Å². The number of carboxylic acids is 1. The summed E-state index contributed by atoms with van der Waals surface area (Å²) in [7, 11) is 1.37. The number of ether oxygens (including phenoxy) is 1. The molecule has 0 unspecified atom stereocenters. The van der Waals surface area contributed by atoms with Gasteiger partial charge >= 0.3 is 11.9 Å². The molecule has 14 heteroatoms. The molecule has 0 fully saturated rings. The van der Waals surface area contributed by atoms with Gasteiger partial charge in [0.1, 0.15) is 5.82 Å². The fourth-order valence-corrected chi connectivity index (χ4v) is 6.83. The molecule has 7 rings (SSSR count). The van der Waals surface area contributed by atoms with Gasteiger partial charge in [-0.1, -0.05) is 35.4 Å². The van der Waals surface area contributed by atoms with Crippen molar-refractivity contribution in [3.8, 4) is 0 Å². The summed E-state index contributed by atoms with van der Waals surface area (Å²) in [4.78, 5) is 52.2. The summed E-state index contributed by atoms with van der Waals surface area (Å²) in [5.41, 5.74) is 20.1. The molecule has 3 aromatic carbocycles. The summed E-state index contributed by atoms with van der Waals surface area (Å²) in [5, 5.41) is 24.6. The summed E-state index contributed by atoms with van der Waals surface area (Å²) in [6, 6.07) is 23.5. The first-order chi connectivity index (χ1) is 28.8. The maximum atomic E-state index is 12.9. The number of carbonyl (C=O) groups is 3. The van der Waals surface area contributed by atoms with Crippen molar-refractivity contribution in [3.63, 3.8) is 0 Å². The third kappa shape index (κ3) is 11.6. The molecule has 0 aliphatic rings. The number of carbonyl (C=O) groups excluding carboxylic acids is 2. The van der Waals surface area contributed by atoms with Crippen LogP contribution in [-0.4, -0.2) is 55.1 Å². The van der Waals surface area contributed by atoms with E-state index in [1.807, 2.05) is 64.1 Å². The van der Waals surface area contributed by atoms with Crippen molar-refractivity contribution < 1.29 is 29.3 Å². The predicted molar refractivity (Wildman–Crippen MR) is 239 cm³/mol. The van der Waals surface area contributed by atoms with Crippen molar-refractivity contribution in [1.82, 2.24) is 25.3 Å². The summed E-state index contributed by atoms with van der Waals surface area (Å²) in [6.45, 7) is 11.4. The Kier molecular flexibility index (Phi) is 14.4. The number of nitrogens with two attached hydrogens (primary N) is 2. The number of hydrogen-bond acceptors (Lipinski definition) is 11. The molecular formula is C47H48ClN7O6. The molecule has 0 saturated carbocycles. The highest BCUT2D eigenvalue weighted by molar-refractivity contribution is 6.31. The number of aliphatic hydroxyl groups is 1. The molecule has 0 atom stereocenters. The number of carboxylic acid groups (broad SMARTS) is 1. The molecule has 4 heterocycles. The number of nitrogens with one attached hydrogen (secondary N) is 1. The predicted octanol–water partition coefficient (Wildman–Crippen LogP) is 8.23. The van der Waals surface area contributed by atoms with Gasteiger partial charge in [-0.05, 0) is 124 Å².